The first-order valence-electron chi connectivity index (χ1n) is 9.53. The Hall–Kier alpha value is -3.24. The second-order valence-corrected chi connectivity index (χ2v) is 8.87. The third-order valence-corrected chi connectivity index (χ3v) is 6.79. The molecule has 9 nitrogen and oxygen atoms in total. The van der Waals surface area contributed by atoms with Gasteiger partial charge in [-0.25, -0.2) is 8.42 Å². The van der Waals surface area contributed by atoms with Crippen molar-refractivity contribution in [2.24, 2.45) is 0 Å². The van der Waals surface area contributed by atoms with E-state index >= 15 is 0 Å². The van der Waals surface area contributed by atoms with Gasteiger partial charge in [0.2, 0.25) is 15.9 Å². The fraction of sp³-hybridized carbons (Fsp3) is 0.250. The molecule has 1 N–H and O–H groups in total. The van der Waals surface area contributed by atoms with Gasteiger partial charge in [0, 0.05) is 51.2 Å². The number of anilines is 2. The molecule has 1 fully saturated rings. The van der Waals surface area contributed by atoms with Gasteiger partial charge in [-0.3, -0.25) is 4.79 Å². The monoisotopic (exact) mass is 426 g/mol. The van der Waals surface area contributed by atoms with Gasteiger partial charge in [-0.05, 0) is 48.5 Å². The van der Waals surface area contributed by atoms with Crippen LogP contribution in [0.2, 0.25) is 0 Å². The summed E-state index contributed by atoms with van der Waals surface area (Å²) in [6, 6.07) is 13.8. The zero-order chi connectivity index (χ0) is 21.1. The molecule has 4 rings (SSSR count). The first-order valence-corrected chi connectivity index (χ1v) is 11.0. The van der Waals surface area contributed by atoms with E-state index < -0.39 is 10.0 Å². The second kappa shape index (κ2) is 8.25. The average Bonchev–Trinajstić information content (AvgIpc) is 3.29. The zero-order valence-corrected chi connectivity index (χ0v) is 17.3. The number of hydrogen-bond acceptors (Lipinski definition) is 6. The van der Waals surface area contributed by atoms with Gasteiger partial charge in [-0.2, -0.15) is 4.31 Å². The molecule has 1 aliphatic heterocycles. The molecular weight excluding hydrogens is 404 g/mol. The number of rotatable bonds is 5. The van der Waals surface area contributed by atoms with Crippen LogP contribution in [0.25, 0.3) is 5.82 Å². The van der Waals surface area contributed by atoms with E-state index in [4.69, 9.17) is 0 Å². The minimum atomic E-state index is -3.59. The predicted molar refractivity (Wildman–Crippen MR) is 113 cm³/mol. The molecule has 1 aromatic carbocycles. The number of amides is 1. The van der Waals surface area contributed by atoms with E-state index in [2.05, 4.69) is 15.5 Å². The SMILES string of the molecule is CC(=O)Nc1ccc(S(=O)(=O)N2CCN(c3ccc(-n4cccc4)nn3)CC2)cc1. The maximum atomic E-state index is 12.9. The van der Waals surface area contributed by atoms with Crippen molar-refractivity contribution in [3.05, 3.63) is 60.9 Å². The smallest absolute Gasteiger partial charge is 0.243 e. The molecule has 0 saturated carbocycles. The fourth-order valence-electron chi connectivity index (χ4n) is 3.33. The molecule has 0 radical (unpaired) electrons. The summed E-state index contributed by atoms with van der Waals surface area (Å²) >= 11 is 0. The summed E-state index contributed by atoms with van der Waals surface area (Å²) < 4.78 is 29.2. The lowest BCUT2D eigenvalue weighted by Gasteiger charge is -2.34. The maximum Gasteiger partial charge on any atom is 0.243 e. The molecule has 156 valence electrons. The van der Waals surface area contributed by atoms with Crippen molar-refractivity contribution in [2.45, 2.75) is 11.8 Å². The molecule has 30 heavy (non-hydrogen) atoms. The van der Waals surface area contributed by atoms with E-state index in [0.717, 1.165) is 11.6 Å². The Morgan fingerprint density at radius 3 is 2.07 bits per heavy atom. The van der Waals surface area contributed by atoms with Gasteiger partial charge < -0.3 is 14.8 Å². The molecule has 3 heterocycles. The number of carbonyl (C=O) groups is 1. The number of sulfonamides is 1. The highest BCUT2D eigenvalue weighted by atomic mass is 32.2. The van der Waals surface area contributed by atoms with E-state index in [1.54, 1.807) is 12.1 Å². The Balaban J connectivity index is 1.40. The summed E-state index contributed by atoms with van der Waals surface area (Å²) in [6.07, 6.45) is 3.80. The molecule has 1 saturated heterocycles. The van der Waals surface area contributed by atoms with Gasteiger partial charge in [-0.1, -0.05) is 0 Å². The van der Waals surface area contributed by atoms with E-state index in [9.17, 15) is 13.2 Å². The van der Waals surface area contributed by atoms with Crippen LogP contribution in [0.15, 0.2) is 65.8 Å². The molecular formula is C20H22N6O3S. The molecule has 3 aromatic rings. The van der Waals surface area contributed by atoms with E-state index in [0.29, 0.717) is 31.9 Å². The molecule has 2 aromatic heterocycles. The topological polar surface area (TPSA) is 100 Å². The Morgan fingerprint density at radius 1 is 0.900 bits per heavy atom. The standard InChI is InChI=1S/C20H22N6O3S/c1-16(27)21-17-4-6-18(7-5-17)30(28,29)26-14-12-25(13-15-26)20-9-8-19(22-23-20)24-10-2-3-11-24/h2-11H,12-15H2,1H3,(H,21,27). The van der Waals surface area contributed by atoms with Crippen LogP contribution in [0, 0.1) is 0 Å². The highest BCUT2D eigenvalue weighted by molar-refractivity contribution is 7.89. The number of piperazine rings is 1. The third-order valence-electron chi connectivity index (χ3n) is 4.88. The highest BCUT2D eigenvalue weighted by Crippen LogP contribution is 2.21. The largest absolute Gasteiger partial charge is 0.352 e. The Labute approximate surface area is 175 Å². The van der Waals surface area contributed by atoms with Gasteiger partial charge in [-0.15, -0.1) is 10.2 Å². The van der Waals surface area contributed by atoms with Crippen molar-refractivity contribution >= 4 is 27.4 Å². The van der Waals surface area contributed by atoms with Crippen molar-refractivity contribution in [2.75, 3.05) is 36.4 Å². The summed E-state index contributed by atoms with van der Waals surface area (Å²) in [5.41, 5.74) is 0.563. The zero-order valence-electron chi connectivity index (χ0n) is 16.5. The summed E-state index contributed by atoms with van der Waals surface area (Å²) in [5, 5.41) is 11.2. The van der Waals surface area contributed by atoms with Gasteiger partial charge in [0.1, 0.15) is 0 Å². The number of carbonyl (C=O) groups excluding carboxylic acids is 1. The molecule has 0 spiro atoms. The molecule has 0 aliphatic carbocycles. The molecule has 0 unspecified atom stereocenters. The number of hydrogen-bond donors (Lipinski definition) is 1. The number of benzene rings is 1. The second-order valence-electron chi connectivity index (χ2n) is 6.94. The quantitative estimate of drug-likeness (QED) is 0.667. The van der Waals surface area contributed by atoms with Gasteiger partial charge >= 0.3 is 0 Å². The molecule has 1 amide bonds. The maximum absolute atomic E-state index is 12.9. The Morgan fingerprint density at radius 2 is 1.50 bits per heavy atom. The first kappa shape index (κ1) is 20.0. The predicted octanol–water partition coefficient (Wildman–Crippen LogP) is 1.74. The molecule has 0 atom stereocenters. The third kappa shape index (κ3) is 4.19. The van der Waals surface area contributed by atoms with Crippen molar-refractivity contribution < 1.29 is 13.2 Å². The normalized spacial score (nSPS) is 15.2. The van der Waals surface area contributed by atoms with E-state index in [1.165, 1.54) is 23.4 Å². The fourth-order valence-corrected chi connectivity index (χ4v) is 4.75. The highest BCUT2D eigenvalue weighted by Gasteiger charge is 2.29. The van der Waals surface area contributed by atoms with Crippen LogP contribution in [0.4, 0.5) is 11.5 Å². The van der Waals surface area contributed by atoms with Crippen LogP contribution >= 0.6 is 0 Å². The van der Waals surface area contributed by atoms with Crippen LogP contribution < -0.4 is 10.2 Å². The lowest BCUT2D eigenvalue weighted by atomic mass is 10.3. The van der Waals surface area contributed by atoms with Crippen LogP contribution in [-0.4, -0.2) is 59.6 Å². The summed E-state index contributed by atoms with van der Waals surface area (Å²) in [4.78, 5) is 13.4. The minimum absolute atomic E-state index is 0.203. The number of nitrogens with one attached hydrogen (secondary N) is 1. The van der Waals surface area contributed by atoms with E-state index in [-0.39, 0.29) is 10.8 Å². The number of nitrogens with zero attached hydrogens (tertiary/aromatic N) is 5. The van der Waals surface area contributed by atoms with Gasteiger partial charge in [0.25, 0.3) is 0 Å². The summed E-state index contributed by atoms with van der Waals surface area (Å²) in [7, 11) is -3.59. The van der Waals surface area contributed by atoms with Crippen LogP contribution in [-0.2, 0) is 14.8 Å². The molecule has 10 heteroatoms. The molecule has 1 aliphatic rings. The summed E-state index contributed by atoms with van der Waals surface area (Å²) in [6.45, 7) is 3.18. The van der Waals surface area contributed by atoms with Crippen molar-refractivity contribution in [1.29, 1.82) is 0 Å². The van der Waals surface area contributed by atoms with E-state index in [1.807, 2.05) is 46.1 Å². The van der Waals surface area contributed by atoms with Crippen LogP contribution in [0.1, 0.15) is 6.92 Å². The Bertz CT molecular complexity index is 1100. The van der Waals surface area contributed by atoms with Gasteiger partial charge in [0.05, 0.1) is 4.90 Å². The van der Waals surface area contributed by atoms with Crippen LogP contribution in [0.5, 0.6) is 0 Å². The Kier molecular flexibility index (Phi) is 5.51. The van der Waals surface area contributed by atoms with Crippen molar-refractivity contribution in [1.82, 2.24) is 19.1 Å². The summed E-state index contributed by atoms with van der Waals surface area (Å²) in [5.74, 6) is 1.25. The van der Waals surface area contributed by atoms with Crippen LogP contribution in [0.3, 0.4) is 0 Å². The lowest BCUT2D eigenvalue weighted by molar-refractivity contribution is -0.114. The first-order chi connectivity index (χ1) is 14.4. The minimum Gasteiger partial charge on any atom is -0.352 e. The number of aromatic nitrogens is 3. The molecule has 0 bridgehead atoms. The lowest BCUT2D eigenvalue weighted by Crippen LogP contribution is -2.49. The van der Waals surface area contributed by atoms with Crippen molar-refractivity contribution in [3.8, 4) is 5.82 Å². The average molecular weight is 427 g/mol. The van der Waals surface area contributed by atoms with Gasteiger partial charge in [0.15, 0.2) is 11.6 Å². The van der Waals surface area contributed by atoms with Crippen molar-refractivity contribution in [3.63, 3.8) is 0 Å².